The van der Waals surface area contributed by atoms with Crippen molar-refractivity contribution in [2.24, 2.45) is 0 Å². The van der Waals surface area contributed by atoms with E-state index < -0.39 is 0 Å². The van der Waals surface area contributed by atoms with Gasteiger partial charge in [0, 0.05) is 17.0 Å². The van der Waals surface area contributed by atoms with Gasteiger partial charge < -0.3 is 10.6 Å². The Balaban J connectivity index is 1.72. The standard InChI is InChI=1S/C22H24N2O2S/c1-16-9-11-18(12-10-16)21(25)24-20(14-19-8-5-13-27-19)22(26)23-15-17-6-3-2-4-7-17/h5-6,8-14H,2-4,7,15H2,1H3,(H,23,26)(H,24,25)/b20-14-. The van der Waals surface area contributed by atoms with Gasteiger partial charge in [0.25, 0.3) is 11.8 Å². The highest BCUT2D eigenvalue weighted by Gasteiger charge is 2.15. The number of benzene rings is 1. The Morgan fingerprint density at radius 2 is 1.96 bits per heavy atom. The first-order valence-electron chi connectivity index (χ1n) is 9.21. The summed E-state index contributed by atoms with van der Waals surface area (Å²) in [6.45, 7) is 2.50. The van der Waals surface area contributed by atoms with E-state index >= 15 is 0 Å². The quantitative estimate of drug-likeness (QED) is 0.575. The number of hydrogen-bond donors (Lipinski definition) is 2. The first-order chi connectivity index (χ1) is 13.1. The van der Waals surface area contributed by atoms with Crippen molar-refractivity contribution in [3.05, 3.63) is 75.1 Å². The number of amides is 2. The number of allylic oxidation sites excluding steroid dienone is 1. The van der Waals surface area contributed by atoms with Crippen molar-refractivity contribution >= 4 is 29.2 Å². The van der Waals surface area contributed by atoms with Crippen LogP contribution < -0.4 is 10.6 Å². The molecule has 3 rings (SSSR count). The van der Waals surface area contributed by atoms with E-state index in [-0.39, 0.29) is 17.5 Å². The zero-order valence-electron chi connectivity index (χ0n) is 15.5. The van der Waals surface area contributed by atoms with Gasteiger partial charge in [-0.1, -0.05) is 35.4 Å². The average Bonchev–Trinajstić information content (AvgIpc) is 3.20. The molecule has 1 aliphatic rings. The molecule has 0 spiro atoms. The first kappa shape index (κ1) is 19.1. The minimum atomic E-state index is -0.287. The third-order valence-electron chi connectivity index (χ3n) is 4.50. The fourth-order valence-electron chi connectivity index (χ4n) is 2.93. The Morgan fingerprint density at radius 3 is 2.63 bits per heavy atom. The molecule has 0 unspecified atom stereocenters. The monoisotopic (exact) mass is 380 g/mol. The minimum absolute atomic E-state index is 0.263. The number of aryl methyl sites for hydroxylation is 1. The number of thiophene rings is 1. The molecule has 1 heterocycles. The zero-order chi connectivity index (χ0) is 19.1. The molecule has 2 aromatic rings. The van der Waals surface area contributed by atoms with Crippen molar-refractivity contribution in [1.29, 1.82) is 0 Å². The van der Waals surface area contributed by atoms with Gasteiger partial charge in [-0.05, 0) is 62.3 Å². The van der Waals surface area contributed by atoms with Crippen LogP contribution in [0.15, 0.2) is 59.1 Å². The molecule has 2 amide bonds. The zero-order valence-corrected chi connectivity index (χ0v) is 16.3. The molecule has 1 aromatic heterocycles. The smallest absolute Gasteiger partial charge is 0.268 e. The van der Waals surface area contributed by atoms with Crippen LogP contribution in [0.5, 0.6) is 0 Å². The summed E-state index contributed by atoms with van der Waals surface area (Å²) in [6.07, 6.45) is 8.42. The number of rotatable bonds is 6. The van der Waals surface area contributed by atoms with Crippen molar-refractivity contribution in [3.8, 4) is 0 Å². The molecule has 0 radical (unpaired) electrons. The Morgan fingerprint density at radius 1 is 1.15 bits per heavy atom. The molecule has 0 fully saturated rings. The van der Waals surface area contributed by atoms with Gasteiger partial charge in [-0.2, -0.15) is 0 Å². The maximum Gasteiger partial charge on any atom is 0.268 e. The van der Waals surface area contributed by atoms with E-state index in [0.717, 1.165) is 23.3 Å². The van der Waals surface area contributed by atoms with Crippen LogP contribution in [-0.4, -0.2) is 18.4 Å². The molecule has 4 nitrogen and oxygen atoms in total. The van der Waals surface area contributed by atoms with Crippen molar-refractivity contribution in [2.45, 2.75) is 32.6 Å². The lowest BCUT2D eigenvalue weighted by molar-refractivity contribution is -0.117. The summed E-state index contributed by atoms with van der Waals surface area (Å²) in [7, 11) is 0. The van der Waals surface area contributed by atoms with Gasteiger partial charge in [0.1, 0.15) is 5.70 Å². The summed E-state index contributed by atoms with van der Waals surface area (Å²) < 4.78 is 0. The maximum absolute atomic E-state index is 12.7. The molecule has 1 aliphatic carbocycles. The largest absolute Gasteiger partial charge is 0.347 e. The maximum atomic E-state index is 12.7. The van der Waals surface area contributed by atoms with Crippen LogP contribution in [0.1, 0.15) is 46.5 Å². The molecular formula is C22H24N2O2S. The summed E-state index contributed by atoms with van der Waals surface area (Å²) in [6, 6.07) is 11.1. The molecule has 27 heavy (non-hydrogen) atoms. The highest BCUT2D eigenvalue weighted by Crippen LogP contribution is 2.17. The Hall–Kier alpha value is -2.66. The average molecular weight is 381 g/mol. The van der Waals surface area contributed by atoms with E-state index in [1.165, 1.54) is 29.8 Å². The van der Waals surface area contributed by atoms with Crippen LogP contribution in [0.2, 0.25) is 0 Å². The summed E-state index contributed by atoms with van der Waals surface area (Å²) >= 11 is 1.52. The summed E-state index contributed by atoms with van der Waals surface area (Å²) in [5, 5.41) is 7.66. The number of hydrogen-bond acceptors (Lipinski definition) is 3. The molecule has 0 bridgehead atoms. The fraction of sp³-hybridized carbons (Fsp3) is 0.273. The van der Waals surface area contributed by atoms with Crippen molar-refractivity contribution < 1.29 is 9.59 Å². The number of carbonyl (C=O) groups is 2. The molecular weight excluding hydrogens is 356 g/mol. The Labute approximate surface area is 164 Å². The first-order valence-corrected chi connectivity index (χ1v) is 10.1. The van der Waals surface area contributed by atoms with Crippen LogP contribution in [0.4, 0.5) is 0 Å². The van der Waals surface area contributed by atoms with Crippen LogP contribution in [0.25, 0.3) is 6.08 Å². The molecule has 5 heteroatoms. The van der Waals surface area contributed by atoms with E-state index in [9.17, 15) is 9.59 Å². The molecule has 1 aromatic carbocycles. The van der Waals surface area contributed by atoms with Crippen LogP contribution in [0.3, 0.4) is 0 Å². The van der Waals surface area contributed by atoms with Crippen molar-refractivity contribution in [3.63, 3.8) is 0 Å². The van der Waals surface area contributed by atoms with E-state index in [1.54, 1.807) is 18.2 Å². The lowest BCUT2D eigenvalue weighted by Crippen LogP contribution is -2.35. The van der Waals surface area contributed by atoms with Gasteiger partial charge in [0.05, 0.1) is 0 Å². The third-order valence-corrected chi connectivity index (χ3v) is 5.32. The van der Waals surface area contributed by atoms with Gasteiger partial charge >= 0.3 is 0 Å². The Bertz CT molecular complexity index is 849. The van der Waals surface area contributed by atoms with Crippen LogP contribution in [-0.2, 0) is 4.79 Å². The van der Waals surface area contributed by atoms with Crippen molar-refractivity contribution in [1.82, 2.24) is 10.6 Å². The lowest BCUT2D eigenvalue weighted by atomic mass is 10.00. The predicted molar refractivity (Wildman–Crippen MR) is 111 cm³/mol. The highest BCUT2D eigenvalue weighted by atomic mass is 32.1. The third kappa shape index (κ3) is 5.66. The lowest BCUT2D eigenvalue weighted by Gasteiger charge is -2.15. The van der Waals surface area contributed by atoms with Gasteiger partial charge in [-0.25, -0.2) is 0 Å². The van der Waals surface area contributed by atoms with Crippen LogP contribution >= 0.6 is 11.3 Å². The van der Waals surface area contributed by atoms with E-state index in [4.69, 9.17) is 0 Å². The molecule has 0 aliphatic heterocycles. The van der Waals surface area contributed by atoms with Gasteiger partial charge in [0.15, 0.2) is 0 Å². The summed E-state index contributed by atoms with van der Waals surface area (Å²) in [5.74, 6) is -0.555. The topological polar surface area (TPSA) is 58.2 Å². The summed E-state index contributed by atoms with van der Waals surface area (Å²) in [4.78, 5) is 26.2. The molecule has 2 N–H and O–H groups in total. The minimum Gasteiger partial charge on any atom is -0.347 e. The van der Waals surface area contributed by atoms with E-state index in [1.807, 2.05) is 36.6 Å². The van der Waals surface area contributed by atoms with Gasteiger partial charge in [-0.15, -0.1) is 11.3 Å². The number of nitrogens with one attached hydrogen (secondary N) is 2. The second kappa shape index (κ2) is 9.33. The highest BCUT2D eigenvalue weighted by molar-refractivity contribution is 7.10. The Kier molecular flexibility index (Phi) is 6.60. The second-order valence-electron chi connectivity index (χ2n) is 6.68. The van der Waals surface area contributed by atoms with Crippen LogP contribution in [0, 0.1) is 6.92 Å². The van der Waals surface area contributed by atoms with Gasteiger partial charge in [0.2, 0.25) is 0 Å². The molecule has 140 valence electrons. The summed E-state index contributed by atoms with van der Waals surface area (Å²) in [5.41, 5.74) is 3.13. The van der Waals surface area contributed by atoms with Gasteiger partial charge in [-0.3, -0.25) is 9.59 Å². The molecule has 0 saturated heterocycles. The number of carbonyl (C=O) groups excluding carboxylic acids is 2. The predicted octanol–water partition coefficient (Wildman–Crippen LogP) is 4.44. The van der Waals surface area contributed by atoms with E-state index in [2.05, 4.69) is 16.7 Å². The van der Waals surface area contributed by atoms with Crippen molar-refractivity contribution in [2.75, 3.05) is 6.54 Å². The second-order valence-corrected chi connectivity index (χ2v) is 7.66. The molecule has 0 saturated carbocycles. The SMILES string of the molecule is Cc1ccc(C(=O)N/C(=C\c2cccs2)C(=O)NCC2=CCCCC2)cc1. The molecule has 0 atom stereocenters. The van der Waals surface area contributed by atoms with E-state index in [0.29, 0.717) is 12.1 Å². The normalized spacial score (nSPS) is 14.4. The fourth-order valence-corrected chi connectivity index (χ4v) is 3.59.